The monoisotopic (exact) mass is 412 g/mol. The highest BCUT2D eigenvalue weighted by atomic mass is 32.2. The van der Waals surface area contributed by atoms with Gasteiger partial charge in [-0.05, 0) is 43.7 Å². The molecule has 0 aliphatic carbocycles. The second-order valence-electron chi connectivity index (χ2n) is 6.23. The van der Waals surface area contributed by atoms with Gasteiger partial charge in [-0.1, -0.05) is 53.6 Å². The maximum absolute atomic E-state index is 12.1. The molecule has 6 heteroatoms. The Morgan fingerprint density at radius 3 is 2.79 bits per heavy atom. The largest absolute Gasteiger partial charge is 0.461 e. The molecule has 2 atom stereocenters. The average Bonchev–Trinajstić information content (AvgIpc) is 2.71. The lowest BCUT2D eigenvalue weighted by Gasteiger charge is -2.20. The van der Waals surface area contributed by atoms with Crippen molar-refractivity contribution < 1.29 is 24.1 Å². The first kappa shape index (κ1) is 22.8. The number of methoxy groups -OCH3 is 1. The van der Waals surface area contributed by atoms with Gasteiger partial charge in [0.15, 0.2) is 5.60 Å². The van der Waals surface area contributed by atoms with E-state index < -0.39 is 11.7 Å². The maximum atomic E-state index is 12.1. The summed E-state index contributed by atoms with van der Waals surface area (Å²) in [7, 11) is 1.52. The molecule has 0 saturated carbocycles. The molecule has 5 nitrogen and oxygen atoms in total. The lowest BCUT2D eigenvalue weighted by atomic mass is 10.1. The highest BCUT2D eigenvalue weighted by Gasteiger charge is 2.24. The third-order valence-electron chi connectivity index (χ3n) is 3.77. The van der Waals surface area contributed by atoms with Crippen molar-refractivity contribution in [3.63, 3.8) is 0 Å². The summed E-state index contributed by atoms with van der Waals surface area (Å²) in [5.74, 6) is 11.0. The Morgan fingerprint density at radius 2 is 2.03 bits per heavy atom. The number of carbonyl (C=O) groups is 1. The van der Waals surface area contributed by atoms with E-state index in [0.717, 1.165) is 4.90 Å². The zero-order valence-corrected chi connectivity index (χ0v) is 17.3. The summed E-state index contributed by atoms with van der Waals surface area (Å²) in [5, 5.41) is 10.9. The molecule has 0 saturated heterocycles. The summed E-state index contributed by atoms with van der Waals surface area (Å²) >= 11 is 1.38. The van der Waals surface area contributed by atoms with Crippen LogP contribution in [0.3, 0.4) is 0 Å². The highest BCUT2D eigenvalue weighted by molar-refractivity contribution is 8.03. The van der Waals surface area contributed by atoms with Crippen LogP contribution in [0.1, 0.15) is 19.8 Å². The predicted octanol–water partition coefficient (Wildman–Crippen LogP) is 3.30. The number of hydrogen-bond donors (Lipinski definition) is 1. The van der Waals surface area contributed by atoms with Crippen molar-refractivity contribution in [2.24, 2.45) is 0 Å². The lowest BCUT2D eigenvalue weighted by Crippen LogP contribution is -2.23. The molecule has 29 heavy (non-hydrogen) atoms. The molecule has 1 aliphatic rings. The van der Waals surface area contributed by atoms with E-state index in [4.69, 9.17) is 14.2 Å². The van der Waals surface area contributed by atoms with Crippen LogP contribution in [0.25, 0.3) is 0 Å². The van der Waals surface area contributed by atoms with Gasteiger partial charge in [0.05, 0.1) is 0 Å². The summed E-state index contributed by atoms with van der Waals surface area (Å²) in [6.07, 6.45) is 4.94. The summed E-state index contributed by atoms with van der Waals surface area (Å²) in [5.41, 5.74) is -1.41. The molecule has 152 valence electrons. The number of ether oxygens (including phenoxy) is 3. The standard InChI is InChI=1S/C23H24O5S/c1-23(25)16-9-4-3-6-10-19(28-18-26-2)13-14-22(24)27-17-15-21(23)29-20-11-7-5-8-12-20/h3-5,7-8,11-12,15,19,25H,13-14,17-18H2,1-2H3/b4-3-,21-15-/t19-,23-/m1/s1. The Hall–Kier alpha value is -2.48. The summed E-state index contributed by atoms with van der Waals surface area (Å²) < 4.78 is 15.6. The Kier molecular flexibility index (Phi) is 9.56. The van der Waals surface area contributed by atoms with E-state index in [9.17, 15) is 9.90 Å². The molecular weight excluding hydrogens is 388 g/mol. The van der Waals surface area contributed by atoms with Crippen LogP contribution in [0.2, 0.25) is 0 Å². The summed E-state index contributed by atoms with van der Waals surface area (Å²) in [6.45, 7) is 1.73. The van der Waals surface area contributed by atoms with E-state index in [2.05, 4.69) is 23.7 Å². The second kappa shape index (κ2) is 12.2. The van der Waals surface area contributed by atoms with Crippen LogP contribution in [0.15, 0.2) is 58.4 Å². The molecule has 1 aromatic carbocycles. The zero-order valence-electron chi connectivity index (χ0n) is 16.5. The zero-order chi connectivity index (χ0) is 21.0. The Labute approximate surface area is 176 Å². The van der Waals surface area contributed by atoms with Crippen molar-refractivity contribution in [2.45, 2.75) is 36.4 Å². The minimum absolute atomic E-state index is 0.0386. The number of esters is 1. The van der Waals surface area contributed by atoms with E-state index >= 15 is 0 Å². The second-order valence-corrected chi connectivity index (χ2v) is 7.35. The molecule has 0 bridgehead atoms. The van der Waals surface area contributed by atoms with Crippen molar-refractivity contribution in [3.8, 4) is 23.7 Å². The van der Waals surface area contributed by atoms with Gasteiger partial charge in [-0.25, -0.2) is 0 Å². The molecule has 1 N–H and O–H groups in total. The normalized spacial score (nSPS) is 25.6. The molecule has 1 aromatic rings. The number of rotatable bonds is 5. The number of carbonyl (C=O) groups excluding carboxylic acids is 1. The van der Waals surface area contributed by atoms with Crippen LogP contribution in [-0.4, -0.2) is 43.3 Å². The highest BCUT2D eigenvalue weighted by Crippen LogP contribution is 2.34. The quantitative estimate of drug-likeness (QED) is 0.455. The van der Waals surface area contributed by atoms with E-state index in [1.165, 1.54) is 18.9 Å². The van der Waals surface area contributed by atoms with E-state index in [0.29, 0.717) is 11.3 Å². The van der Waals surface area contributed by atoms with Crippen LogP contribution >= 0.6 is 11.8 Å². The van der Waals surface area contributed by atoms with Crippen LogP contribution in [0.5, 0.6) is 0 Å². The van der Waals surface area contributed by atoms with Gasteiger partial charge in [0, 0.05) is 23.3 Å². The predicted molar refractivity (Wildman–Crippen MR) is 113 cm³/mol. The number of allylic oxidation sites excluding steroid dienone is 2. The van der Waals surface area contributed by atoms with Crippen molar-refractivity contribution in [1.29, 1.82) is 0 Å². The van der Waals surface area contributed by atoms with Crippen LogP contribution in [0, 0.1) is 23.7 Å². The molecule has 0 spiro atoms. The van der Waals surface area contributed by atoms with E-state index in [-0.39, 0.29) is 25.8 Å². The van der Waals surface area contributed by atoms with Crippen LogP contribution < -0.4 is 0 Å². The molecule has 0 aromatic heterocycles. The number of thioether (sulfide) groups is 1. The summed E-state index contributed by atoms with van der Waals surface area (Å²) in [6, 6.07) is 9.63. The lowest BCUT2D eigenvalue weighted by molar-refractivity contribution is -0.143. The number of benzene rings is 1. The fourth-order valence-electron chi connectivity index (χ4n) is 2.30. The first-order valence-electron chi connectivity index (χ1n) is 9.12. The maximum Gasteiger partial charge on any atom is 0.306 e. The number of aliphatic hydroxyl groups is 1. The van der Waals surface area contributed by atoms with Crippen molar-refractivity contribution in [3.05, 3.63) is 53.5 Å². The van der Waals surface area contributed by atoms with Gasteiger partial charge < -0.3 is 19.3 Å². The van der Waals surface area contributed by atoms with Gasteiger partial charge in [-0.2, -0.15) is 0 Å². The number of hydrogen-bond acceptors (Lipinski definition) is 6. The Morgan fingerprint density at radius 1 is 1.28 bits per heavy atom. The Bertz CT molecular complexity index is 850. The molecule has 0 amide bonds. The SMILES string of the molecule is COCO[C@@H]1C#C/C=C\C#C[C@@](C)(O)/C(Sc2ccccc2)=C/COC(=O)CC1. The third-order valence-corrected chi connectivity index (χ3v) is 5.06. The smallest absolute Gasteiger partial charge is 0.306 e. The molecule has 1 aliphatic heterocycles. The van der Waals surface area contributed by atoms with Crippen molar-refractivity contribution in [2.75, 3.05) is 20.5 Å². The van der Waals surface area contributed by atoms with E-state index in [1.54, 1.807) is 25.2 Å². The first-order chi connectivity index (χ1) is 14.0. The first-order valence-corrected chi connectivity index (χ1v) is 9.94. The minimum Gasteiger partial charge on any atom is -0.461 e. The molecular formula is C23H24O5S. The van der Waals surface area contributed by atoms with Gasteiger partial charge in [0.25, 0.3) is 0 Å². The average molecular weight is 413 g/mol. The molecule has 1 heterocycles. The van der Waals surface area contributed by atoms with Crippen molar-refractivity contribution >= 4 is 17.7 Å². The van der Waals surface area contributed by atoms with Crippen LogP contribution in [0.4, 0.5) is 0 Å². The van der Waals surface area contributed by atoms with Gasteiger partial charge in [-0.15, -0.1) is 0 Å². The van der Waals surface area contributed by atoms with Crippen molar-refractivity contribution in [1.82, 2.24) is 0 Å². The molecule has 0 radical (unpaired) electrons. The fraction of sp³-hybridized carbons (Fsp3) is 0.348. The Balaban J connectivity index is 2.23. The summed E-state index contributed by atoms with van der Waals surface area (Å²) in [4.78, 5) is 13.6. The molecule has 0 unspecified atom stereocenters. The molecule has 2 rings (SSSR count). The van der Waals surface area contributed by atoms with Gasteiger partial charge >= 0.3 is 5.97 Å². The van der Waals surface area contributed by atoms with Gasteiger partial charge in [-0.3, -0.25) is 4.79 Å². The van der Waals surface area contributed by atoms with Crippen LogP contribution in [-0.2, 0) is 19.0 Å². The third kappa shape index (κ3) is 8.60. The number of cyclic esters (lactones) is 1. The fourth-order valence-corrected chi connectivity index (χ4v) is 3.25. The molecule has 0 fully saturated rings. The van der Waals surface area contributed by atoms with E-state index in [1.807, 2.05) is 30.3 Å². The minimum atomic E-state index is -1.41. The van der Waals surface area contributed by atoms with Gasteiger partial charge in [0.1, 0.15) is 19.5 Å². The topological polar surface area (TPSA) is 65.0 Å². The van der Waals surface area contributed by atoms with Gasteiger partial charge in [0.2, 0.25) is 0 Å².